The van der Waals surface area contributed by atoms with Gasteiger partial charge in [0.25, 0.3) is 0 Å². The first-order valence-corrected chi connectivity index (χ1v) is 21.4. The molecule has 1 aliphatic heterocycles. The molecule has 5 fully saturated rings. The molecule has 0 bridgehead atoms. The van der Waals surface area contributed by atoms with E-state index in [0.29, 0.717) is 54.7 Å². The predicted molar refractivity (Wildman–Crippen MR) is 200 cm³/mol. The van der Waals surface area contributed by atoms with Crippen molar-refractivity contribution in [3.8, 4) is 0 Å². The van der Waals surface area contributed by atoms with Gasteiger partial charge in [-0.05, 0) is 151 Å². The zero-order valence-corrected chi connectivity index (χ0v) is 32.3. The first-order valence-electron chi connectivity index (χ1n) is 19.6. The summed E-state index contributed by atoms with van der Waals surface area (Å²) in [5.74, 6) is 2.33. The lowest BCUT2D eigenvalue weighted by molar-refractivity contribution is -0.226. The minimum atomic E-state index is -3.02. The lowest BCUT2D eigenvalue weighted by Gasteiger charge is -2.72. The molecule has 1 heterocycles. The molecular formula is C43H61NO5S. The summed E-state index contributed by atoms with van der Waals surface area (Å²) in [6, 6.07) is 7.53. The van der Waals surface area contributed by atoms with E-state index >= 15 is 0 Å². The first kappa shape index (κ1) is 36.0. The lowest BCUT2D eigenvalue weighted by Crippen LogP contribution is -2.65. The van der Waals surface area contributed by atoms with Gasteiger partial charge in [0, 0.05) is 19.5 Å². The number of carboxylic acid groups (broad SMARTS) is 1. The highest BCUT2D eigenvalue weighted by Gasteiger charge is 2.70. The van der Waals surface area contributed by atoms with Crippen LogP contribution in [0.15, 0.2) is 42.5 Å². The van der Waals surface area contributed by atoms with Crippen LogP contribution in [-0.4, -0.2) is 54.9 Å². The van der Waals surface area contributed by atoms with Gasteiger partial charge in [-0.25, -0.2) is 13.2 Å². The Balaban J connectivity index is 1.16. The Morgan fingerprint density at radius 2 is 1.56 bits per heavy atom. The molecule has 4 saturated carbocycles. The second kappa shape index (κ2) is 12.1. The molecule has 6 nitrogen and oxygen atoms in total. The number of carbonyl (C=O) groups excluding carboxylic acids is 1. The van der Waals surface area contributed by atoms with Crippen molar-refractivity contribution < 1.29 is 23.1 Å². The summed E-state index contributed by atoms with van der Waals surface area (Å²) in [5, 5.41) is 9.48. The lowest BCUT2D eigenvalue weighted by atomic mass is 9.32. The van der Waals surface area contributed by atoms with Crippen LogP contribution >= 0.6 is 0 Å². The van der Waals surface area contributed by atoms with Crippen LogP contribution in [0, 0.1) is 56.7 Å². The maximum atomic E-state index is 13.5. The maximum Gasteiger partial charge on any atom is 0.335 e. The van der Waals surface area contributed by atoms with Crippen LogP contribution in [0.4, 0.5) is 0 Å². The number of sulfone groups is 1. The predicted octanol–water partition coefficient (Wildman–Crippen LogP) is 9.07. The molecule has 1 N–H and O–H groups in total. The zero-order chi connectivity index (χ0) is 36.1. The van der Waals surface area contributed by atoms with E-state index in [2.05, 4.69) is 54.2 Å². The van der Waals surface area contributed by atoms with E-state index in [0.717, 1.165) is 18.4 Å². The molecule has 0 aromatic heterocycles. The van der Waals surface area contributed by atoms with E-state index in [1.807, 2.05) is 17.0 Å². The van der Waals surface area contributed by atoms with Gasteiger partial charge < -0.3 is 10.0 Å². The number of hydrogen-bond donors (Lipinski definition) is 1. The first-order chi connectivity index (χ1) is 23.4. The maximum absolute atomic E-state index is 13.5. The Labute approximate surface area is 301 Å². The summed E-state index contributed by atoms with van der Waals surface area (Å²) in [7, 11) is -3.02. The molecule has 9 atom stereocenters. The van der Waals surface area contributed by atoms with Gasteiger partial charge in [0.1, 0.15) is 0 Å². The minimum Gasteiger partial charge on any atom is -0.478 e. The van der Waals surface area contributed by atoms with E-state index in [4.69, 9.17) is 0 Å². The Morgan fingerprint density at radius 3 is 2.20 bits per heavy atom. The van der Waals surface area contributed by atoms with E-state index in [1.54, 1.807) is 12.1 Å². The van der Waals surface area contributed by atoms with Crippen LogP contribution in [-0.2, 0) is 14.6 Å². The van der Waals surface area contributed by atoms with Crippen LogP contribution in [0.1, 0.15) is 128 Å². The highest BCUT2D eigenvalue weighted by atomic mass is 32.2. The van der Waals surface area contributed by atoms with Crippen molar-refractivity contribution in [1.82, 2.24) is 4.90 Å². The average Bonchev–Trinajstić information content (AvgIpc) is 3.44. The number of benzene rings is 1. The van der Waals surface area contributed by atoms with Gasteiger partial charge in [0.05, 0.1) is 17.1 Å². The summed E-state index contributed by atoms with van der Waals surface area (Å²) >= 11 is 0. The van der Waals surface area contributed by atoms with Crippen LogP contribution in [0.25, 0.3) is 5.57 Å². The standard InChI is InChI=1S/C43H61NO5S/c1-28(2)31-14-20-43(21-17-36(45)44-24-26-50(48,49)27-25-44)23-22-41(6)33(37(31)43)12-13-35-40(5)18-15-32(29-8-10-30(11-9-29)38(46)47)39(3,4)34(40)16-19-42(35,41)7/h8-11,15,31,33-35,37H,1,12-14,16-27H2,2-7H3,(H,46,47)/t31-,33+,34-,35+,37+,40-,41+,42+,43-/m0/s1. The number of nitrogens with zero attached hydrogens (tertiary/aromatic N) is 1. The highest BCUT2D eigenvalue weighted by Crippen LogP contribution is 2.78. The van der Waals surface area contributed by atoms with Crippen molar-refractivity contribution in [1.29, 1.82) is 0 Å². The van der Waals surface area contributed by atoms with Gasteiger partial charge >= 0.3 is 5.97 Å². The van der Waals surface area contributed by atoms with Gasteiger partial charge in [-0.3, -0.25) is 4.79 Å². The van der Waals surface area contributed by atoms with Crippen molar-refractivity contribution in [2.75, 3.05) is 24.6 Å². The smallest absolute Gasteiger partial charge is 0.335 e. The monoisotopic (exact) mass is 703 g/mol. The molecule has 1 saturated heterocycles. The van der Waals surface area contributed by atoms with Crippen LogP contribution in [0.2, 0.25) is 0 Å². The molecule has 5 aliphatic carbocycles. The van der Waals surface area contributed by atoms with Crippen molar-refractivity contribution in [2.24, 2.45) is 56.7 Å². The van der Waals surface area contributed by atoms with Crippen molar-refractivity contribution in [3.63, 3.8) is 0 Å². The normalized spacial score (nSPS) is 41.5. The number of fused-ring (bicyclic) bond motifs is 7. The Bertz CT molecular complexity index is 1700. The fraction of sp³-hybridized carbons (Fsp3) is 0.721. The van der Waals surface area contributed by atoms with Gasteiger partial charge in [-0.15, -0.1) is 0 Å². The van der Waals surface area contributed by atoms with Gasteiger partial charge in [0.2, 0.25) is 5.91 Å². The molecule has 7 heteroatoms. The number of rotatable bonds is 6. The molecular weight excluding hydrogens is 643 g/mol. The number of allylic oxidation sites excluding steroid dienone is 3. The van der Waals surface area contributed by atoms with Gasteiger partial charge in [-0.2, -0.15) is 0 Å². The van der Waals surface area contributed by atoms with Crippen LogP contribution in [0.5, 0.6) is 0 Å². The molecule has 1 amide bonds. The fourth-order valence-electron chi connectivity index (χ4n) is 14.1. The number of carbonyl (C=O) groups is 2. The summed E-state index contributed by atoms with van der Waals surface area (Å²) in [6.07, 6.45) is 14.8. The fourth-order valence-corrected chi connectivity index (χ4v) is 15.3. The van der Waals surface area contributed by atoms with Gasteiger partial charge in [0.15, 0.2) is 9.84 Å². The second-order valence-electron chi connectivity index (χ2n) is 19.0. The van der Waals surface area contributed by atoms with Crippen molar-refractivity contribution >= 4 is 27.3 Å². The topological polar surface area (TPSA) is 91.8 Å². The second-order valence-corrected chi connectivity index (χ2v) is 21.3. The molecule has 0 unspecified atom stereocenters. The number of carboxylic acids is 1. The summed E-state index contributed by atoms with van der Waals surface area (Å²) in [5.41, 5.74) is 4.99. The molecule has 50 heavy (non-hydrogen) atoms. The average molecular weight is 704 g/mol. The minimum absolute atomic E-state index is 0.0138. The van der Waals surface area contributed by atoms with E-state index in [9.17, 15) is 23.1 Å². The van der Waals surface area contributed by atoms with E-state index in [1.165, 1.54) is 62.5 Å². The molecule has 1 aromatic rings. The SMILES string of the molecule is C=C(C)[C@@H]1CC[C@]2(CCC(=O)N3CCS(=O)(=O)CC3)CC[C@]3(C)[C@H](CC[C@@H]4[C@@]5(C)CC=C(c6ccc(C(=O)O)cc6)C(C)(C)[C@@H]5CC[C@]43C)[C@@H]12. The Kier molecular flexibility index (Phi) is 8.68. The highest BCUT2D eigenvalue weighted by molar-refractivity contribution is 7.91. The Morgan fingerprint density at radius 1 is 0.880 bits per heavy atom. The van der Waals surface area contributed by atoms with Gasteiger partial charge in [-0.1, -0.05) is 65.0 Å². The molecule has 274 valence electrons. The van der Waals surface area contributed by atoms with Crippen LogP contribution < -0.4 is 0 Å². The third kappa shape index (κ3) is 5.32. The molecule has 6 aliphatic rings. The number of amides is 1. The van der Waals surface area contributed by atoms with Crippen LogP contribution in [0.3, 0.4) is 0 Å². The summed E-state index contributed by atoms with van der Waals surface area (Å²) in [4.78, 5) is 26.9. The largest absolute Gasteiger partial charge is 0.478 e. The van der Waals surface area contributed by atoms with E-state index < -0.39 is 15.8 Å². The zero-order valence-electron chi connectivity index (χ0n) is 31.5. The Hall–Kier alpha value is -2.41. The summed E-state index contributed by atoms with van der Waals surface area (Å²) in [6.45, 7) is 20.3. The summed E-state index contributed by atoms with van der Waals surface area (Å²) < 4.78 is 24.1. The third-order valence-electron chi connectivity index (χ3n) is 16.8. The molecule has 7 rings (SSSR count). The molecule has 0 radical (unpaired) electrons. The number of hydrogen-bond acceptors (Lipinski definition) is 4. The van der Waals surface area contributed by atoms with Crippen molar-refractivity contribution in [3.05, 3.63) is 53.6 Å². The molecule has 0 spiro atoms. The quantitative estimate of drug-likeness (QED) is 0.299. The van der Waals surface area contributed by atoms with E-state index in [-0.39, 0.29) is 44.5 Å². The number of aromatic carboxylic acids is 1. The van der Waals surface area contributed by atoms with Crippen molar-refractivity contribution in [2.45, 2.75) is 112 Å². The third-order valence-corrected chi connectivity index (χ3v) is 18.4. The molecule has 1 aromatic carbocycles.